The summed E-state index contributed by atoms with van der Waals surface area (Å²) in [5, 5.41) is 12.2. The van der Waals surface area contributed by atoms with E-state index in [4.69, 9.17) is 9.52 Å². The number of nitrogens with one attached hydrogen (secondary N) is 1. The molecule has 1 heterocycles. The normalized spacial score (nSPS) is 12.0. The van der Waals surface area contributed by atoms with Crippen LogP contribution in [0.3, 0.4) is 0 Å². The molecule has 0 fully saturated rings. The van der Waals surface area contributed by atoms with E-state index in [1.165, 1.54) is 6.07 Å². The number of carboxylic acid groups (broad SMARTS) is 1. The van der Waals surface area contributed by atoms with Crippen molar-refractivity contribution in [1.29, 1.82) is 0 Å². The summed E-state index contributed by atoms with van der Waals surface area (Å²) in [7, 11) is -1.10. The zero-order chi connectivity index (χ0) is 17.3. The Morgan fingerprint density at radius 1 is 1.08 bits per heavy atom. The van der Waals surface area contributed by atoms with E-state index < -0.39 is 16.8 Å². The number of hydrogen-bond donors (Lipinski definition) is 2. The topological polar surface area (TPSA) is 96.6 Å². The molecule has 6 nitrogen and oxygen atoms in total. The lowest BCUT2D eigenvalue weighted by Crippen LogP contribution is -2.11. The molecule has 0 radical (unpaired) electrons. The van der Waals surface area contributed by atoms with Crippen molar-refractivity contribution < 1.29 is 23.3 Å². The Kier molecular flexibility index (Phi) is 4.18. The first kappa shape index (κ1) is 15.9. The maximum atomic E-state index is 12.2. The SMILES string of the molecule is CS(=O)c1ccc(C(=O)Nc2ccc3oc(C(=O)O)cc3c2)cc1. The highest BCUT2D eigenvalue weighted by atomic mass is 32.2. The van der Waals surface area contributed by atoms with Crippen molar-refractivity contribution >= 4 is 39.3 Å². The molecule has 0 aliphatic carbocycles. The Balaban J connectivity index is 1.82. The summed E-state index contributed by atoms with van der Waals surface area (Å²) in [6.45, 7) is 0. The summed E-state index contributed by atoms with van der Waals surface area (Å²) >= 11 is 0. The molecule has 3 aromatic rings. The van der Waals surface area contributed by atoms with Crippen LogP contribution in [0.1, 0.15) is 20.9 Å². The number of anilines is 1. The van der Waals surface area contributed by atoms with E-state index in [1.54, 1.807) is 48.7 Å². The summed E-state index contributed by atoms with van der Waals surface area (Å²) in [5.41, 5.74) is 1.39. The number of carboxylic acids is 1. The first-order chi connectivity index (χ1) is 11.4. The molecule has 1 amide bonds. The van der Waals surface area contributed by atoms with Gasteiger partial charge in [-0.25, -0.2) is 4.79 Å². The number of hydrogen-bond acceptors (Lipinski definition) is 4. The van der Waals surface area contributed by atoms with Crippen LogP contribution < -0.4 is 5.32 Å². The van der Waals surface area contributed by atoms with Gasteiger partial charge in [-0.05, 0) is 48.5 Å². The standard InChI is InChI=1S/C17H13NO5S/c1-24(22)13-5-2-10(3-6-13)16(19)18-12-4-7-14-11(8-12)9-15(23-14)17(20)21/h2-9H,1H3,(H,18,19)(H,20,21). The van der Waals surface area contributed by atoms with E-state index in [0.29, 0.717) is 27.1 Å². The highest BCUT2D eigenvalue weighted by Crippen LogP contribution is 2.23. The van der Waals surface area contributed by atoms with Crippen molar-refractivity contribution in [1.82, 2.24) is 0 Å². The second kappa shape index (κ2) is 6.29. The lowest BCUT2D eigenvalue weighted by molar-refractivity contribution is 0.0665. The Morgan fingerprint density at radius 3 is 2.42 bits per heavy atom. The van der Waals surface area contributed by atoms with E-state index in [1.807, 2.05) is 0 Å². The van der Waals surface area contributed by atoms with Crippen LogP contribution in [-0.4, -0.2) is 27.4 Å². The maximum absolute atomic E-state index is 12.2. The van der Waals surface area contributed by atoms with Crippen LogP contribution in [0.15, 0.2) is 57.8 Å². The van der Waals surface area contributed by atoms with Crippen LogP contribution in [0.2, 0.25) is 0 Å². The number of benzene rings is 2. The molecule has 0 aliphatic heterocycles. The van der Waals surface area contributed by atoms with Gasteiger partial charge in [0.1, 0.15) is 5.58 Å². The van der Waals surface area contributed by atoms with Gasteiger partial charge in [-0.1, -0.05) is 0 Å². The molecule has 1 aromatic heterocycles. The van der Waals surface area contributed by atoms with Gasteiger partial charge in [0.15, 0.2) is 0 Å². The summed E-state index contributed by atoms with van der Waals surface area (Å²) in [4.78, 5) is 23.8. The third-order valence-electron chi connectivity index (χ3n) is 3.43. The minimum atomic E-state index is -1.15. The minimum Gasteiger partial charge on any atom is -0.475 e. The van der Waals surface area contributed by atoms with E-state index in [2.05, 4.69) is 5.32 Å². The second-order valence-electron chi connectivity index (χ2n) is 5.10. The van der Waals surface area contributed by atoms with Gasteiger partial charge >= 0.3 is 5.97 Å². The summed E-state index contributed by atoms with van der Waals surface area (Å²) in [5.74, 6) is -1.62. The molecule has 2 aromatic carbocycles. The van der Waals surface area contributed by atoms with Crippen molar-refractivity contribution in [3.8, 4) is 0 Å². The molecule has 0 spiro atoms. The molecule has 0 bridgehead atoms. The van der Waals surface area contributed by atoms with Gasteiger partial charge in [0.25, 0.3) is 5.91 Å². The molecule has 0 aliphatic rings. The summed E-state index contributed by atoms with van der Waals surface area (Å²) in [6, 6.07) is 12.8. The third kappa shape index (κ3) is 3.21. The predicted molar refractivity (Wildman–Crippen MR) is 89.9 cm³/mol. The molecule has 3 rings (SSSR count). The number of fused-ring (bicyclic) bond motifs is 1. The third-order valence-corrected chi connectivity index (χ3v) is 4.37. The molecule has 7 heteroatoms. The van der Waals surface area contributed by atoms with Crippen LogP contribution in [-0.2, 0) is 10.8 Å². The van der Waals surface area contributed by atoms with Gasteiger partial charge in [0.2, 0.25) is 5.76 Å². The molecule has 0 saturated carbocycles. The highest BCUT2D eigenvalue weighted by molar-refractivity contribution is 7.84. The molecule has 0 saturated heterocycles. The Bertz CT molecular complexity index is 959. The van der Waals surface area contributed by atoms with Gasteiger partial charge < -0.3 is 14.8 Å². The van der Waals surface area contributed by atoms with E-state index in [-0.39, 0.29) is 11.7 Å². The molecule has 24 heavy (non-hydrogen) atoms. The monoisotopic (exact) mass is 343 g/mol. The molecular weight excluding hydrogens is 330 g/mol. The lowest BCUT2D eigenvalue weighted by Gasteiger charge is -2.06. The largest absolute Gasteiger partial charge is 0.475 e. The predicted octanol–water partition coefficient (Wildman–Crippen LogP) is 3.12. The minimum absolute atomic E-state index is 0.156. The average molecular weight is 343 g/mol. The number of rotatable bonds is 4. The first-order valence-electron chi connectivity index (χ1n) is 6.96. The van der Waals surface area contributed by atoms with Gasteiger partial charge in [-0.15, -0.1) is 0 Å². The van der Waals surface area contributed by atoms with Crippen LogP contribution in [0, 0.1) is 0 Å². The number of carbonyl (C=O) groups is 2. The molecular formula is C17H13NO5S. The first-order valence-corrected chi connectivity index (χ1v) is 8.51. The van der Waals surface area contributed by atoms with E-state index in [9.17, 15) is 13.8 Å². The molecule has 2 N–H and O–H groups in total. The van der Waals surface area contributed by atoms with Gasteiger partial charge in [0, 0.05) is 38.6 Å². The van der Waals surface area contributed by atoms with Crippen molar-refractivity contribution in [2.75, 3.05) is 11.6 Å². The number of furan rings is 1. The zero-order valence-corrected chi connectivity index (χ0v) is 13.4. The summed E-state index contributed by atoms with van der Waals surface area (Å²) < 4.78 is 16.5. The van der Waals surface area contributed by atoms with Crippen molar-refractivity contribution in [2.24, 2.45) is 0 Å². The van der Waals surface area contributed by atoms with Gasteiger partial charge in [-0.2, -0.15) is 0 Å². The lowest BCUT2D eigenvalue weighted by atomic mass is 10.2. The smallest absolute Gasteiger partial charge is 0.371 e. The Morgan fingerprint density at radius 2 is 1.79 bits per heavy atom. The molecule has 122 valence electrons. The maximum Gasteiger partial charge on any atom is 0.371 e. The molecule has 1 unspecified atom stereocenters. The van der Waals surface area contributed by atoms with Crippen LogP contribution in [0.25, 0.3) is 11.0 Å². The van der Waals surface area contributed by atoms with Crippen LogP contribution >= 0.6 is 0 Å². The van der Waals surface area contributed by atoms with Crippen molar-refractivity contribution in [3.63, 3.8) is 0 Å². The van der Waals surface area contributed by atoms with E-state index >= 15 is 0 Å². The van der Waals surface area contributed by atoms with Crippen LogP contribution in [0.4, 0.5) is 5.69 Å². The van der Waals surface area contributed by atoms with Crippen molar-refractivity contribution in [3.05, 3.63) is 59.9 Å². The summed E-state index contributed by atoms with van der Waals surface area (Å²) in [6.07, 6.45) is 1.57. The molecule has 1 atom stereocenters. The zero-order valence-electron chi connectivity index (χ0n) is 12.6. The second-order valence-corrected chi connectivity index (χ2v) is 6.48. The fraction of sp³-hybridized carbons (Fsp3) is 0.0588. The average Bonchev–Trinajstić information content (AvgIpc) is 2.98. The number of carbonyl (C=O) groups excluding carboxylic acids is 1. The fourth-order valence-electron chi connectivity index (χ4n) is 2.23. The Labute approximate surface area is 139 Å². The highest BCUT2D eigenvalue weighted by Gasteiger charge is 2.12. The fourth-order valence-corrected chi connectivity index (χ4v) is 2.75. The van der Waals surface area contributed by atoms with Crippen LogP contribution in [0.5, 0.6) is 0 Å². The van der Waals surface area contributed by atoms with Gasteiger partial charge in [-0.3, -0.25) is 9.00 Å². The Hall–Kier alpha value is -2.93. The van der Waals surface area contributed by atoms with Crippen molar-refractivity contribution in [2.45, 2.75) is 4.90 Å². The van der Waals surface area contributed by atoms with E-state index in [0.717, 1.165) is 0 Å². The number of amides is 1. The quantitative estimate of drug-likeness (QED) is 0.759. The number of aromatic carboxylic acids is 1. The van der Waals surface area contributed by atoms with Gasteiger partial charge in [0.05, 0.1) is 0 Å².